The van der Waals surface area contributed by atoms with Gasteiger partial charge in [0.15, 0.2) is 5.78 Å². The first-order valence-corrected chi connectivity index (χ1v) is 7.32. The Labute approximate surface area is 132 Å². The minimum Gasteiger partial charge on any atom is -0.511 e. The maximum absolute atomic E-state index is 12.2. The number of hydrogen-bond acceptors (Lipinski definition) is 7. The molecule has 0 saturated carbocycles. The van der Waals surface area contributed by atoms with Gasteiger partial charge in [-0.1, -0.05) is 0 Å². The van der Waals surface area contributed by atoms with E-state index in [4.69, 9.17) is 13.9 Å². The van der Waals surface area contributed by atoms with E-state index >= 15 is 0 Å². The van der Waals surface area contributed by atoms with Crippen LogP contribution in [0.3, 0.4) is 0 Å². The minimum atomic E-state index is -1.27. The van der Waals surface area contributed by atoms with Gasteiger partial charge in [0, 0.05) is 6.08 Å². The van der Waals surface area contributed by atoms with Gasteiger partial charge in [-0.05, 0) is 26.0 Å². The lowest BCUT2D eigenvalue weighted by atomic mass is 9.72. The van der Waals surface area contributed by atoms with Crippen LogP contribution >= 0.6 is 0 Å². The number of allylic oxidation sites excluding steroid dienone is 1. The van der Waals surface area contributed by atoms with Crippen LogP contribution in [0.15, 0.2) is 34.6 Å². The molecular weight excluding hydrogens is 304 g/mol. The topological polar surface area (TPSA) is 103 Å². The van der Waals surface area contributed by atoms with Gasteiger partial charge in [0.2, 0.25) is 0 Å². The summed E-state index contributed by atoms with van der Waals surface area (Å²) in [7, 11) is 0. The maximum atomic E-state index is 12.2. The number of ether oxygens (including phenoxy) is 2. The molecule has 0 spiro atoms. The molecule has 0 saturated heterocycles. The lowest BCUT2D eigenvalue weighted by molar-refractivity contribution is -0.156. The lowest BCUT2D eigenvalue weighted by Gasteiger charge is -2.31. The smallest absolute Gasteiger partial charge is 0.317 e. The Hall–Kier alpha value is -2.57. The molecule has 0 amide bonds. The van der Waals surface area contributed by atoms with E-state index in [1.165, 1.54) is 12.3 Å². The summed E-state index contributed by atoms with van der Waals surface area (Å²) >= 11 is 0. The number of rotatable bonds is 5. The fourth-order valence-corrected chi connectivity index (χ4v) is 2.68. The Morgan fingerprint density at radius 2 is 1.78 bits per heavy atom. The fraction of sp³-hybridized carbons (Fsp3) is 0.438. The van der Waals surface area contributed by atoms with Gasteiger partial charge in [-0.15, -0.1) is 0 Å². The Kier molecular flexibility index (Phi) is 5.20. The third kappa shape index (κ3) is 3.28. The monoisotopic (exact) mass is 322 g/mol. The number of carbonyl (C=O) groups excluding carboxylic acids is 3. The van der Waals surface area contributed by atoms with E-state index in [2.05, 4.69) is 0 Å². The normalized spacial score (nSPS) is 24.0. The van der Waals surface area contributed by atoms with Crippen molar-refractivity contribution in [3.8, 4) is 0 Å². The Balaban J connectivity index is 2.50. The van der Waals surface area contributed by atoms with Gasteiger partial charge in [0.1, 0.15) is 23.4 Å². The Morgan fingerprint density at radius 3 is 2.30 bits per heavy atom. The predicted octanol–water partition coefficient (Wildman–Crippen LogP) is 1.75. The summed E-state index contributed by atoms with van der Waals surface area (Å²) in [4.78, 5) is 36.6. The second-order valence-corrected chi connectivity index (χ2v) is 4.97. The molecule has 3 atom stereocenters. The molecule has 1 N–H and O–H groups in total. The molecule has 0 bridgehead atoms. The second kappa shape index (κ2) is 7.13. The minimum absolute atomic E-state index is 0.0905. The summed E-state index contributed by atoms with van der Waals surface area (Å²) in [6, 6.07) is 3.11. The van der Waals surface area contributed by atoms with Gasteiger partial charge >= 0.3 is 11.9 Å². The van der Waals surface area contributed by atoms with Gasteiger partial charge in [0.25, 0.3) is 0 Å². The molecule has 23 heavy (non-hydrogen) atoms. The first-order valence-electron chi connectivity index (χ1n) is 7.32. The lowest BCUT2D eigenvalue weighted by Crippen LogP contribution is -2.42. The number of carbonyl (C=O) groups is 3. The van der Waals surface area contributed by atoms with E-state index in [1.54, 1.807) is 19.9 Å². The van der Waals surface area contributed by atoms with Crippen LogP contribution in [0.4, 0.5) is 0 Å². The van der Waals surface area contributed by atoms with Crippen molar-refractivity contribution >= 4 is 17.7 Å². The average Bonchev–Trinajstić information content (AvgIpc) is 3.00. The van der Waals surface area contributed by atoms with E-state index < -0.39 is 41.2 Å². The molecule has 7 nitrogen and oxygen atoms in total. The molecule has 0 unspecified atom stereocenters. The highest BCUT2D eigenvalue weighted by Crippen LogP contribution is 2.41. The summed E-state index contributed by atoms with van der Waals surface area (Å²) in [6.07, 6.45) is 2.24. The quantitative estimate of drug-likeness (QED) is 0.650. The van der Waals surface area contributed by atoms with Gasteiger partial charge < -0.3 is 19.0 Å². The van der Waals surface area contributed by atoms with Crippen molar-refractivity contribution in [1.82, 2.24) is 0 Å². The number of ketones is 1. The summed E-state index contributed by atoms with van der Waals surface area (Å²) in [5, 5.41) is 10.1. The molecular formula is C16H18O7. The molecule has 0 radical (unpaired) electrons. The molecule has 1 heterocycles. The zero-order chi connectivity index (χ0) is 17.0. The van der Waals surface area contributed by atoms with E-state index in [9.17, 15) is 19.5 Å². The number of aliphatic hydroxyl groups is 1. The predicted molar refractivity (Wildman–Crippen MR) is 77.4 cm³/mol. The van der Waals surface area contributed by atoms with Crippen LogP contribution < -0.4 is 0 Å². The van der Waals surface area contributed by atoms with Gasteiger partial charge in [-0.25, -0.2) is 0 Å². The molecule has 1 aliphatic carbocycles. The molecule has 7 heteroatoms. The molecule has 0 aliphatic heterocycles. The van der Waals surface area contributed by atoms with Crippen molar-refractivity contribution in [3.63, 3.8) is 0 Å². The van der Waals surface area contributed by atoms with Crippen LogP contribution in [0.5, 0.6) is 0 Å². The van der Waals surface area contributed by atoms with Gasteiger partial charge in [-0.3, -0.25) is 14.4 Å². The highest BCUT2D eigenvalue weighted by atomic mass is 16.5. The summed E-state index contributed by atoms with van der Waals surface area (Å²) in [5.41, 5.74) is 0. The van der Waals surface area contributed by atoms with Crippen molar-refractivity contribution in [2.75, 3.05) is 13.2 Å². The van der Waals surface area contributed by atoms with E-state index in [-0.39, 0.29) is 19.0 Å². The summed E-state index contributed by atoms with van der Waals surface area (Å²) in [5.74, 6) is -5.84. The number of furan rings is 1. The second-order valence-electron chi connectivity index (χ2n) is 4.97. The van der Waals surface area contributed by atoms with Crippen molar-refractivity contribution in [1.29, 1.82) is 0 Å². The van der Waals surface area contributed by atoms with E-state index in [0.717, 1.165) is 6.08 Å². The largest absolute Gasteiger partial charge is 0.511 e. The molecule has 2 rings (SSSR count). The van der Waals surface area contributed by atoms with Crippen LogP contribution in [0.25, 0.3) is 0 Å². The average molecular weight is 322 g/mol. The highest BCUT2D eigenvalue weighted by Gasteiger charge is 2.50. The molecule has 0 fully saturated rings. The zero-order valence-corrected chi connectivity index (χ0v) is 12.9. The zero-order valence-electron chi connectivity index (χ0n) is 12.9. The first-order chi connectivity index (χ1) is 11.0. The van der Waals surface area contributed by atoms with Crippen LogP contribution in [-0.2, 0) is 23.9 Å². The van der Waals surface area contributed by atoms with Crippen molar-refractivity contribution < 1.29 is 33.4 Å². The maximum Gasteiger partial charge on any atom is 0.317 e. The summed E-state index contributed by atoms with van der Waals surface area (Å²) < 4.78 is 15.2. The molecule has 124 valence electrons. The number of aliphatic hydroxyl groups excluding tert-OH is 1. The van der Waals surface area contributed by atoms with E-state index in [1.807, 2.05) is 0 Å². The molecule has 1 aromatic heterocycles. The van der Waals surface area contributed by atoms with Crippen LogP contribution in [0.1, 0.15) is 25.5 Å². The van der Waals surface area contributed by atoms with Crippen molar-refractivity contribution in [2.45, 2.75) is 19.8 Å². The van der Waals surface area contributed by atoms with Crippen LogP contribution in [-0.4, -0.2) is 36.0 Å². The van der Waals surface area contributed by atoms with Crippen molar-refractivity contribution in [3.05, 3.63) is 36.0 Å². The fourth-order valence-electron chi connectivity index (χ4n) is 2.68. The van der Waals surface area contributed by atoms with Gasteiger partial charge in [-0.2, -0.15) is 0 Å². The highest BCUT2D eigenvalue weighted by molar-refractivity contribution is 6.08. The number of hydrogen-bond donors (Lipinski definition) is 1. The SMILES string of the molecule is CCOC(=O)[C@H]1C(=O)C=C(O)[C@H](C(=O)OCC)[C@H]1c1ccco1. The van der Waals surface area contributed by atoms with Crippen molar-refractivity contribution in [2.24, 2.45) is 11.8 Å². The molecule has 1 aromatic rings. The third-order valence-corrected chi connectivity index (χ3v) is 3.59. The number of esters is 2. The van der Waals surface area contributed by atoms with Gasteiger partial charge in [0.05, 0.1) is 25.4 Å². The Morgan fingerprint density at radius 1 is 1.17 bits per heavy atom. The molecule has 1 aliphatic rings. The van der Waals surface area contributed by atoms with Crippen LogP contribution in [0, 0.1) is 11.8 Å². The van der Waals surface area contributed by atoms with E-state index in [0.29, 0.717) is 0 Å². The Bertz CT molecular complexity index is 614. The standard InChI is InChI=1S/C16H18O7/c1-3-21-15(19)12-9(17)8-10(18)13(16(20)22-4-2)14(12)11-6-5-7-23-11/h5-8,12-14,17H,3-4H2,1-2H3/t12-,13-,14+/m0/s1. The molecule has 0 aromatic carbocycles. The first kappa shape index (κ1) is 16.8. The summed E-state index contributed by atoms with van der Waals surface area (Å²) in [6.45, 7) is 3.43. The third-order valence-electron chi connectivity index (χ3n) is 3.59. The van der Waals surface area contributed by atoms with Crippen LogP contribution in [0.2, 0.25) is 0 Å².